The molecule has 1 fully saturated rings. The molecule has 0 aromatic carbocycles. The van der Waals surface area contributed by atoms with Gasteiger partial charge in [-0.3, -0.25) is 9.59 Å². The van der Waals surface area contributed by atoms with Gasteiger partial charge in [0.15, 0.2) is 0 Å². The van der Waals surface area contributed by atoms with Crippen LogP contribution in [0, 0.1) is 0 Å². The molecule has 2 heterocycles. The number of hydrogen-bond acceptors (Lipinski definition) is 3. The highest BCUT2D eigenvalue weighted by Crippen LogP contribution is 2.20. The summed E-state index contributed by atoms with van der Waals surface area (Å²) in [5.41, 5.74) is 1.30. The molecule has 1 aromatic heterocycles. The molecule has 1 atom stereocenters. The Hall–Kier alpha value is -1.36. The fourth-order valence-corrected chi connectivity index (χ4v) is 3.14. The summed E-state index contributed by atoms with van der Waals surface area (Å²) >= 11 is 1.68. The zero-order valence-electron chi connectivity index (χ0n) is 10.7. The van der Waals surface area contributed by atoms with Crippen LogP contribution in [-0.2, 0) is 22.6 Å². The first-order valence-corrected chi connectivity index (χ1v) is 7.13. The van der Waals surface area contributed by atoms with Crippen LogP contribution in [0.25, 0.3) is 0 Å². The van der Waals surface area contributed by atoms with Gasteiger partial charge >= 0.3 is 0 Å². The van der Waals surface area contributed by atoms with Crippen LogP contribution in [0.1, 0.15) is 30.7 Å². The lowest BCUT2D eigenvalue weighted by Crippen LogP contribution is -2.42. The smallest absolute Gasteiger partial charge is 0.245 e. The number of nitrogens with one attached hydrogen (secondary N) is 1. The second-order valence-corrected chi connectivity index (χ2v) is 5.52. The molecule has 98 valence electrons. The molecule has 4 nitrogen and oxygen atoms in total. The highest BCUT2D eigenvalue weighted by Gasteiger charge is 2.26. The van der Waals surface area contributed by atoms with Crippen LogP contribution in [-0.4, -0.2) is 29.3 Å². The molecule has 2 rings (SSSR count). The molecule has 1 unspecified atom stereocenters. The maximum atomic E-state index is 12.1. The molecule has 2 amide bonds. The highest BCUT2D eigenvalue weighted by molar-refractivity contribution is 7.10. The molecule has 0 bridgehead atoms. The summed E-state index contributed by atoms with van der Waals surface area (Å²) in [6.45, 7) is 4.99. The van der Waals surface area contributed by atoms with Gasteiger partial charge in [-0.25, -0.2) is 0 Å². The number of aryl methyl sites for hydroxylation is 1. The number of carbonyl (C=O) groups is 2. The highest BCUT2D eigenvalue weighted by atomic mass is 32.1. The third-order valence-corrected chi connectivity index (χ3v) is 4.17. The minimum atomic E-state index is -0.412. The Morgan fingerprint density at radius 3 is 3.00 bits per heavy atom. The third kappa shape index (κ3) is 2.72. The number of rotatable bonds is 3. The van der Waals surface area contributed by atoms with Crippen molar-refractivity contribution in [2.24, 2.45) is 0 Å². The number of nitrogens with zero attached hydrogens (tertiary/aromatic N) is 1. The minimum Gasteiger partial charge on any atom is -0.345 e. The average molecular weight is 266 g/mol. The van der Waals surface area contributed by atoms with Crippen molar-refractivity contribution in [3.8, 4) is 0 Å². The van der Waals surface area contributed by atoms with E-state index >= 15 is 0 Å². The van der Waals surface area contributed by atoms with Gasteiger partial charge in [-0.15, -0.1) is 11.3 Å². The standard InChI is InChI=1S/C13H18N2O2S/c1-3-10-5-7-18-11(10)8-15-6-4-12(16)14-9(2)13(15)17/h5,7,9H,3-4,6,8H2,1-2H3,(H,14,16). The van der Waals surface area contributed by atoms with Crippen LogP contribution >= 0.6 is 11.3 Å². The molecule has 1 aliphatic heterocycles. The predicted molar refractivity (Wildman–Crippen MR) is 71.3 cm³/mol. The minimum absolute atomic E-state index is 0.0105. The molecule has 0 spiro atoms. The van der Waals surface area contributed by atoms with Crippen molar-refractivity contribution in [1.29, 1.82) is 0 Å². The van der Waals surface area contributed by atoms with Crippen LogP contribution in [0.2, 0.25) is 0 Å². The van der Waals surface area contributed by atoms with Crippen LogP contribution in [0.5, 0.6) is 0 Å². The van der Waals surface area contributed by atoms with Crippen LogP contribution in [0.4, 0.5) is 0 Å². The van der Waals surface area contributed by atoms with E-state index in [1.807, 2.05) is 0 Å². The van der Waals surface area contributed by atoms with E-state index in [1.165, 1.54) is 10.4 Å². The first kappa shape index (κ1) is 13.1. The van der Waals surface area contributed by atoms with Crippen molar-refractivity contribution in [1.82, 2.24) is 10.2 Å². The van der Waals surface area contributed by atoms with E-state index in [1.54, 1.807) is 23.2 Å². The summed E-state index contributed by atoms with van der Waals surface area (Å²) in [5.74, 6) is -0.0310. The molecule has 18 heavy (non-hydrogen) atoms. The monoisotopic (exact) mass is 266 g/mol. The number of amides is 2. The predicted octanol–water partition coefficient (Wildman–Crippen LogP) is 1.55. The molecular formula is C13H18N2O2S. The molecule has 1 aromatic rings. The Bertz CT molecular complexity index is 456. The lowest BCUT2D eigenvalue weighted by molar-refractivity contribution is -0.133. The lowest BCUT2D eigenvalue weighted by Gasteiger charge is -2.22. The van der Waals surface area contributed by atoms with E-state index in [9.17, 15) is 9.59 Å². The maximum Gasteiger partial charge on any atom is 0.245 e. The first-order chi connectivity index (χ1) is 8.61. The van der Waals surface area contributed by atoms with E-state index in [2.05, 4.69) is 23.7 Å². The van der Waals surface area contributed by atoms with Crippen molar-refractivity contribution in [2.45, 2.75) is 39.3 Å². The SMILES string of the molecule is CCc1ccsc1CN1CCC(=O)NC(C)C1=O. The molecule has 1 N–H and O–H groups in total. The largest absolute Gasteiger partial charge is 0.345 e. The molecule has 5 heteroatoms. The second-order valence-electron chi connectivity index (χ2n) is 4.52. The van der Waals surface area contributed by atoms with E-state index in [4.69, 9.17) is 0 Å². The Labute approximate surface area is 111 Å². The van der Waals surface area contributed by atoms with E-state index in [0.717, 1.165) is 6.42 Å². The first-order valence-electron chi connectivity index (χ1n) is 6.25. The number of thiophene rings is 1. The van der Waals surface area contributed by atoms with Gasteiger partial charge in [-0.05, 0) is 30.4 Å². The zero-order valence-corrected chi connectivity index (χ0v) is 11.5. The van der Waals surface area contributed by atoms with Crippen molar-refractivity contribution in [3.05, 3.63) is 21.9 Å². The van der Waals surface area contributed by atoms with Gasteiger partial charge in [0, 0.05) is 17.8 Å². The molecule has 0 saturated carbocycles. The van der Waals surface area contributed by atoms with E-state index < -0.39 is 6.04 Å². The van der Waals surface area contributed by atoms with Crippen molar-refractivity contribution >= 4 is 23.2 Å². The van der Waals surface area contributed by atoms with Crippen LogP contribution < -0.4 is 5.32 Å². The number of hydrogen-bond donors (Lipinski definition) is 1. The fraction of sp³-hybridized carbons (Fsp3) is 0.538. The average Bonchev–Trinajstić information content (AvgIpc) is 2.75. The van der Waals surface area contributed by atoms with E-state index in [0.29, 0.717) is 19.5 Å². The van der Waals surface area contributed by atoms with Gasteiger partial charge in [-0.1, -0.05) is 6.92 Å². The summed E-state index contributed by atoms with van der Waals surface area (Å²) < 4.78 is 0. The molecular weight excluding hydrogens is 248 g/mol. The topological polar surface area (TPSA) is 49.4 Å². The fourth-order valence-electron chi connectivity index (χ4n) is 2.15. The van der Waals surface area contributed by atoms with Crippen molar-refractivity contribution < 1.29 is 9.59 Å². The summed E-state index contributed by atoms with van der Waals surface area (Å²) in [5, 5.41) is 4.76. The Balaban J connectivity index is 2.12. The maximum absolute atomic E-state index is 12.1. The Morgan fingerprint density at radius 2 is 2.28 bits per heavy atom. The lowest BCUT2D eigenvalue weighted by atomic mass is 10.2. The quantitative estimate of drug-likeness (QED) is 0.902. The van der Waals surface area contributed by atoms with Crippen LogP contribution in [0.3, 0.4) is 0 Å². The van der Waals surface area contributed by atoms with Gasteiger partial charge in [0.25, 0.3) is 0 Å². The van der Waals surface area contributed by atoms with E-state index in [-0.39, 0.29) is 11.8 Å². The van der Waals surface area contributed by atoms with Gasteiger partial charge in [0.1, 0.15) is 6.04 Å². The zero-order chi connectivity index (χ0) is 13.1. The molecule has 0 radical (unpaired) electrons. The van der Waals surface area contributed by atoms with Crippen molar-refractivity contribution in [2.75, 3.05) is 6.54 Å². The van der Waals surface area contributed by atoms with Gasteiger partial charge in [0.05, 0.1) is 6.54 Å². The van der Waals surface area contributed by atoms with Gasteiger partial charge < -0.3 is 10.2 Å². The van der Waals surface area contributed by atoms with Crippen LogP contribution in [0.15, 0.2) is 11.4 Å². The van der Waals surface area contributed by atoms with Crippen molar-refractivity contribution in [3.63, 3.8) is 0 Å². The molecule has 1 saturated heterocycles. The Kier molecular flexibility index (Phi) is 4.01. The Morgan fingerprint density at radius 1 is 1.50 bits per heavy atom. The van der Waals surface area contributed by atoms with Gasteiger partial charge in [0.2, 0.25) is 11.8 Å². The molecule has 0 aliphatic carbocycles. The summed E-state index contributed by atoms with van der Waals surface area (Å²) in [4.78, 5) is 26.6. The molecule has 1 aliphatic rings. The summed E-state index contributed by atoms with van der Waals surface area (Å²) in [6, 6.07) is 1.69. The summed E-state index contributed by atoms with van der Waals surface area (Å²) in [7, 11) is 0. The summed E-state index contributed by atoms with van der Waals surface area (Å²) in [6.07, 6.45) is 1.37. The normalized spacial score (nSPS) is 20.8. The van der Waals surface area contributed by atoms with Gasteiger partial charge in [-0.2, -0.15) is 0 Å². The second kappa shape index (κ2) is 5.52. The third-order valence-electron chi connectivity index (χ3n) is 3.22. The number of carbonyl (C=O) groups excluding carboxylic acids is 2.